The lowest BCUT2D eigenvalue weighted by atomic mass is 10.1. The molecule has 0 aliphatic carbocycles. The number of hydrogen-bond acceptors (Lipinski definition) is 4. The molecule has 2 amide bonds. The minimum Gasteiger partial charge on any atom is -0.338 e. The van der Waals surface area contributed by atoms with Crippen molar-refractivity contribution in [2.75, 3.05) is 32.7 Å². The fourth-order valence-electron chi connectivity index (χ4n) is 3.84. The third-order valence-electron chi connectivity index (χ3n) is 5.39. The average molecular weight is 462 g/mol. The van der Waals surface area contributed by atoms with Crippen LogP contribution in [0.1, 0.15) is 33.6 Å². The maximum absolute atomic E-state index is 12.9. The molecule has 1 aromatic heterocycles. The molecule has 5 nitrogen and oxygen atoms in total. The van der Waals surface area contributed by atoms with Gasteiger partial charge in [-0.1, -0.05) is 12.1 Å². The summed E-state index contributed by atoms with van der Waals surface area (Å²) in [5, 5.41) is 0. The molecular formula is C21H24BrN3O2S. The zero-order valence-corrected chi connectivity index (χ0v) is 18.2. The molecular weight excluding hydrogens is 438 g/mol. The van der Waals surface area contributed by atoms with Gasteiger partial charge in [-0.2, -0.15) is 0 Å². The van der Waals surface area contributed by atoms with E-state index < -0.39 is 0 Å². The summed E-state index contributed by atoms with van der Waals surface area (Å²) in [6, 6.07) is 12.0. The van der Waals surface area contributed by atoms with Crippen molar-refractivity contribution in [3.05, 3.63) is 56.2 Å². The molecule has 2 fully saturated rings. The van der Waals surface area contributed by atoms with E-state index in [0.29, 0.717) is 13.0 Å². The van der Waals surface area contributed by atoms with Crippen molar-refractivity contribution in [3.63, 3.8) is 0 Å². The summed E-state index contributed by atoms with van der Waals surface area (Å²) < 4.78 is 1.16. The minimum absolute atomic E-state index is 0.0908. The van der Waals surface area contributed by atoms with Gasteiger partial charge in [0.1, 0.15) is 0 Å². The lowest BCUT2D eigenvalue weighted by molar-refractivity contribution is -0.128. The molecule has 4 rings (SSSR count). The number of amides is 2. The monoisotopic (exact) mass is 461 g/mol. The van der Waals surface area contributed by atoms with Gasteiger partial charge in [-0.25, -0.2) is 0 Å². The first kappa shape index (κ1) is 19.6. The van der Waals surface area contributed by atoms with E-state index in [1.807, 2.05) is 34.1 Å². The van der Waals surface area contributed by atoms with Gasteiger partial charge in [0.25, 0.3) is 5.91 Å². The van der Waals surface area contributed by atoms with Crippen LogP contribution < -0.4 is 0 Å². The number of carbonyl (C=O) groups excluding carboxylic acids is 2. The topological polar surface area (TPSA) is 43.9 Å². The zero-order chi connectivity index (χ0) is 19.5. The Morgan fingerprint density at radius 3 is 2.54 bits per heavy atom. The predicted molar refractivity (Wildman–Crippen MR) is 114 cm³/mol. The van der Waals surface area contributed by atoms with E-state index in [4.69, 9.17) is 0 Å². The number of thiophene rings is 1. The summed E-state index contributed by atoms with van der Waals surface area (Å²) in [6.45, 7) is 5.65. The van der Waals surface area contributed by atoms with E-state index in [0.717, 1.165) is 60.6 Å². The molecule has 7 heteroatoms. The van der Waals surface area contributed by atoms with E-state index in [9.17, 15) is 9.59 Å². The number of hydrogen-bond donors (Lipinski definition) is 0. The van der Waals surface area contributed by atoms with Gasteiger partial charge >= 0.3 is 0 Å². The van der Waals surface area contributed by atoms with Crippen LogP contribution in [0.3, 0.4) is 0 Å². The molecule has 148 valence electrons. The lowest BCUT2D eigenvalue weighted by Crippen LogP contribution is -2.48. The lowest BCUT2D eigenvalue weighted by Gasteiger charge is -2.34. The molecule has 0 radical (unpaired) electrons. The predicted octanol–water partition coefficient (Wildman–Crippen LogP) is 3.59. The van der Waals surface area contributed by atoms with E-state index in [1.165, 1.54) is 4.88 Å². The number of rotatable bonds is 5. The minimum atomic E-state index is 0.0908. The Bertz CT molecular complexity index is 861. The summed E-state index contributed by atoms with van der Waals surface area (Å²) in [4.78, 5) is 32.4. The Morgan fingerprint density at radius 2 is 1.86 bits per heavy atom. The fraction of sp³-hybridized carbons (Fsp3) is 0.429. The normalized spacial score (nSPS) is 18.1. The first-order valence-electron chi connectivity index (χ1n) is 9.71. The maximum atomic E-state index is 12.9. The molecule has 0 saturated carbocycles. The van der Waals surface area contributed by atoms with E-state index >= 15 is 0 Å². The number of carbonyl (C=O) groups is 2. The molecule has 2 aliphatic heterocycles. The highest BCUT2D eigenvalue weighted by Gasteiger charge is 2.24. The van der Waals surface area contributed by atoms with Gasteiger partial charge in [0.2, 0.25) is 5.91 Å². The van der Waals surface area contributed by atoms with Crippen LogP contribution in [-0.2, 0) is 17.9 Å². The molecule has 0 atom stereocenters. The number of benzene rings is 1. The molecule has 2 aliphatic rings. The van der Waals surface area contributed by atoms with E-state index in [-0.39, 0.29) is 11.8 Å². The summed E-state index contributed by atoms with van der Waals surface area (Å²) in [5.74, 6) is 0.304. The number of nitrogens with zero attached hydrogens (tertiary/aromatic N) is 3. The number of piperazine rings is 1. The Labute approximate surface area is 178 Å². The van der Waals surface area contributed by atoms with Crippen LogP contribution in [0, 0.1) is 0 Å². The summed E-state index contributed by atoms with van der Waals surface area (Å²) in [7, 11) is 0. The summed E-state index contributed by atoms with van der Waals surface area (Å²) >= 11 is 5.28. The Kier molecular flexibility index (Phi) is 6.13. The Morgan fingerprint density at radius 1 is 1.04 bits per heavy atom. The van der Waals surface area contributed by atoms with Gasteiger partial charge in [0.05, 0.1) is 3.79 Å². The van der Waals surface area contributed by atoms with Crippen LogP contribution in [0.4, 0.5) is 0 Å². The maximum Gasteiger partial charge on any atom is 0.253 e. The molecule has 0 spiro atoms. The molecule has 2 aromatic rings. The van der Waals surface area contributed by atoms with Gasteiger partial charge in [-0.3, -0.25) is 14.5 Å². The zero-order valence-electron chi connectivity index (χ0n) is 15.8. The molecule has 28 heavy (non-hydrogen) atoms. The molecule has 0 unspecified atom stereocenters. The second-order valence-corrected chi connectivity index (χ2v) is 9.94. The molecule has 2 saturated heterocycles. The summed E-state index contributed by atoms with van der Waals surface area (Å²) in [5.41, 5.74) is 1.75. The molecule has 3 heterocycles. The second kappa shape index (κ2) is 8.76. The largest absolute Gasteiger partial charge is 0.338 e. The SMILES string of the molecule is O=C1CCCN1Cc1cccc(C(=O)N2CCN(Cc3ccc(Br)s3)CC2)c1. The second-order valence-electron chi connectivity index (χ2n) is 7.39. The van der Waals surface area contributed by atoms with Crippen LogP contribution in [0.25, 0.3) is 0 Å². The first-order valence-corrected chi connectivity index (χ1v) is 11.3. The van der Waals surface area contributed by atoms with Crippen LogP contribution in [0.5, 0.6) is 0 Å². The standard InChI is InChI=1S/C21H24BrN3O2S/c22-19-7-6-18(28-19)15-23-9-11-24(12-10-23)21(27)17-4-1-3-16(13-17)14-25-8-2-5-20(25)26/h1,3-4,6-7,13H,2,5,8-12,14-15H2. The first-order chi connectivity index (χ1) is 13.6. The van der Waals surface area contributed by atoms with E-state index in [2.05, 4.69) is 33.0 Å². The van der Waals surface area contributed by atoms with Crippen LogP contribution in [0.15, 0.2) is 40.2 Å². The molecule has 0 N–H and O–H groups in total. The van der Waals surface area contributed by atoms with Gasteiger partial charge in [0, 0.05) is 62.7 Å². The van der Waals surface area contributed by atoms with Gasteiger partial charge < -0.3 is 9.80 Å². The van der Waals surface area contributed by atoms with Crippen molar-refractivity contribution in [2.45, 2.75) is 25.9 Å². The highest BCUT2D eigenvalue weighted by molar-refractivity contribution is 9.11. The molecule has 1 aromatic carbocycles. The third kappa shape index (κ3) is 4.64. The van der Waals surface area contributed by atoms with Crippen molar-refractivity contribution in [1.29, 1.82) is 0 Å². The van der Waals surface area contributed by atoms with Gasteiger partial charge in [-0.05, 0) is 52.2 Å². The van der Waals surface area contributed by atoms with Gasteiger partial charge in [-0.15, -0.1) is 11.3 Å². The van der Waals surface area contributed by atoms with Gasteiger partial charge in [0.15, 0.2) is 0 Å². The number of halogens is 1. The smallest absolute Gasteiger partial charge is 0.253 e. The Hall–Kier alpha value is -1.70. The average Bonchev–Trinajstić information content (AvgIpc) is 3.30. The highest BCUT2D eigenvalue weighted by atomic mass is 79.9. The van der Waals surface area contributed by atoms with E-state index in [1.54, 1.807) is 11.3 Å². The van der Waals surface area contributed by atoms with Crippen LogP contribution in [-0.4, -0.2) is 59.2 Å². The third-order valence-corrected chi connectivity index (χ3v) is 6.99. The Balaban J connectivity index is 1.33. The van der Waals surface area contributed by atoms with Crippen molar-refractivity contribution >= 4 is 39.1 Å². The van der Waals surface area contributed by atoms with Crippen molar-refractivity contribution in [1.82, 2.24) is 14.7 Å². The summed E-state index contributed by atoms with van der Waals surface area (Å²) in [6.07, 6.45) is 1.58. The van der Waals surface area contributed by atoms with Crippen LogP contribution >= 0.6 is 27.3 Å². The fourth-order valence-corrected chi connectivity index (χ4v) is 5.37. The van der Waals surface area contributed by atoms with Crippen LogP contribution in [0.2, 0.25) is 0 Å². The quantitative estimate of drug-likeness (QED) is 0.683. The number of likely N-dealkylation sites (tertiary alicyclic amines) is 1. The highest BCUT2D eigenvalue weighted by Crippen LogP contribution is 2.24. The van der Waals surface area contributed by atoms with Crippen molar-refractivity contribution < 1.29 is 9.59 Å². The van der Waals surface area contributed by atoms with Crippen molar-refractivity contribution in [2.24, 2.45) is 0 Å². The molecule has 0 bridgehead atoms. The van der Waals surface area contributed by atoms with Crippen molar-refractivity contribution in [3.8, 4) is 0 Å².